The van der Waals surface area contributed by atoms with Crippen LogP contribution in [-0.4, -0.2) is 10.9 Å². The summed E-state index contributed by atoms with van der Waals surface area (Å²) in [7, 11) is 0. The summed E-state index contributed by atoms with van der Waals surface area (Å²) in [5.41, 5.74) is 0.0143. The number of hydrogen-bond donors (Lipinski definition) is 1. The molecule has 0 aliphatic heterocycles. The summed E-state index contributed by atoms with van der Waals surface area (Å²) in [5.74, 6) is -0.721. The SMILES string of the molecule is CC1(C)CC(=O)C(N=Nc2cccc(F)c2)=C(O)C1. The van der Waals surface area contributed by atoms with Crippen LogP contribution >= 0.6 is 0 Å². The number of benzene rings is 1. The molecule has 1 aromatic rings. The van der Waals surface area contributed by atoms with E-state index in [1.54, 1.807) is 6.07 Å². The lowest BCUT2D eigenvalue weighted by Gasteiger charge is -2.27. The van der Waals surface area contributed by atoms with Crippen LogP contribution in [0.15, 0.2) is 46.0 Å². The Morgan fingerprint density at radius 2 is 2.00 bits per heavy atom. The number of hydrogen-bond acceptors (Lipinski definition) is 4. The number of aliphatic hydroxyl groups excluding tert-OH is 1. The predicted octanol–water partition coefficient (Wildman–Crippen LogP) is 4.07. The van der Waals surface area contributed by atoms with Crippen LogP contribution in [0.5, 0.6) is 0 Å². The lowest BCUT2D eigenvalue weighted by molar-refractivity contribution is -0.118. The van der Waals surface area contributed by atoms with Gasteiger partial charge in [-0.25, -0.2) is 4.39 Å². The van der Waals surface area contributed by atoms with Gasteiger partial charge in [0.25, 0.3) is 0 Å². The molecule has 0 saturated heterocycles. The summed E-state index contributed by atoms with van der Waals surface area (Å²) >= 11 is 0. The number of azo groups is 1. The van der Waals surface area contributed by atoms with E-state index >= 15 is 0 Å². The first-order valence-electron chi connectivity index (χ1n) is 6.00. The molecule has 100 valence electrons. The molecule has 5 heteroatoms. The van der Waals surface area contributed by atoms with Crippen LogP contribution in [0.3, 0.4) is 0 Å². The summed E-state index contributed by atoms with van der Waals surface area (Å²) < 4.78 is 13.0. The van der Waals surface area contributed by atoms with Gasteiger partial charge in [0.2, 0.25) is 0 Å². The summed E-state index contributed by atoms with van der Waals surface area (Å²) in [5, 5.41) is 17.4. The minimum Gasteiger partial charge on any atom is -0.510 e. The molecule has 1 aliphatic carbocycles. The minimum atomic E-state index is -0.425. The zero-order valence-corrected chi connectivity index (χ0v) is 10.9. The van der Waals surface area contributed by atoms with Gasteiger partial charge in [0.05, 0.1) is 5.69 Å². The third-order valence-corrected chi connectivity index (χ3v) is 2.90. The van der Waals surface area contributed by atoms with Crippen LogP contribution in [-0.2, 0) is 4.79 Å². The molecule has 0 heterocycles. The lowest BCUT2D eigenvalue weighted by Crippen LogP contribution is -2.25. The largest absolute Gasteiger partial charge is 0.510 e. The highest BCUT2D eigenvalue weighted by Crippen LogP contribution is 2.36. The van der Waals surface area contributed by atoms with E-state index in [1.807, 2.05) is 13.8 Å². The Balaban J connectivity index is 2.25. The van der Waals surface area contributed by atoms with Gasteiger partial charge in [0.1, 0.15) is 11.6 Å². The first-order chi connectivity index (χ1) is 8.87. The highest BCUT2D eigenvalue weighted by atomic mass is 19.1. The zero-order chi connectivity index (χ0) is 14.0. The molecule has 0 saturated carbocycles. The standard InChI is InChI=1S/C14H15FN2O2/c1-14(2)7-11(18)13(12(19)8-14)17-16-10-5-3-4-9(15)6-10/h3-6,18H,7-8H2,1-2H3. The number of carbonyl (C=O) groups excluding carboxylic acids is 1. The van der Waals surface area contributed by atoms with E-state index in [1.165, 1.54) is 18.2 Å². The molecule has 4 nitrogen and oxygen atoms in total. The molecular weight excluding hydrogens is 247 g/mol. The normalized spacial score (nSPS) is 19.2. The monoisotopic (exact) mass is 262 g/mol. The summed E-state index contributed by atoms with van der Waals surface area (Å²) in [6, 6.07) is 5.58. The van der Waals surface area contributed by atoms with Crippen molar-refractivity contribution in [2.45, 2.75) is 26.7 Å². The maximum atomic E-state index is 13.0. The Labute approximate surface area is 110 Å². The summed E-state index contributed by atoms with van der Waals surface area (Å²) in [6.07, 6.45) is 0.699. The Hall–Kier alpha value is -2.04. The van der Waals surface area contributed by atoms with Gasteiger partial charge >= 0.3 is 0 Å². The van der Waals surface area contributed by atoms with Gasteiger partial charge < -0.3 is 5.11 Å². The molecule has 1 aliphatic rings. The van der Waals surface area contributed by atoms with E-state index in [0.717, 1.165) is 0 Å². The van der Waals surface area contributed by atoms with E-state index in [2.05, 4.69) is 10.2 Å². The van der Waals surface area contributed by atoms with Crippen LogP contribution in [0, 0.1) is 11.2 Å². The van der Waals surface area contributed by atoms with Gasteiger partial charge in [-0.2, -0.15) is 5.11 Å². The number of halogens is 1. The van der Waals surface area contributed by atoms with E-state index in [4.69, 9.17) is 0 Å². The molecule has 1 N–H and O–H groups in total. The Morgan fingerprint density at radius 1 is 1.26 bits per heavy atom. The quantitative estimate of drug-likeness (QED) is 0.816. The number of nitrogens with zero attached hydrogens (tertiary/aromatic N) is 2. The van der Waals surface area contributed by atoms with Crippen molar-refractivity contribution in [1.82, 2.24) is 0 Å². The average Bonchev–Trinajstić information content (AvgIpc) is 2.26. The third-order valence-electron chi connectivity index (χ3n) is 2.90. The smallest absolute Gasteiger partial charge is 0.187 e. The van der Waals surface area contributed by atoms with Crippen molar-refractivity contribution in [3.63, 3.8) is 0 Å². The molecule has 0 spiro atoms. The first kappa shape index (κ1) is 13.4. The van der Waals surface area contributed by atoms with Gasteiger partial charge in [-0.15, -0.1) is 5.11 Å². The average molecular weight is 262 g/mol. The van der Waals surface area contributed by atoms with Crippen molar-refractivity contribution in [3.8, 4) is 0 Å². The fourth-order valence-electron chi connectivity index (χ4n) is 2.04. The number of rotatable bonds is 2. The second kappa shape index (κ2) is 4.91. The van der Waals surface area contributed by atoms with Crippen molar-refractivity contribution in [2.24, 2.45) is 15.6 Å². The zero-order valence-electron chi connectivity index (χ0n) is 10.9. The number of Topliss-reactive ketones (excluding diaryl/α,β-unsaturated/α-hetero) is 1. The molecule has 0 aromatic heterocycles. The van der Waals surface area contributed by atoms with E-state index < -0.39 is 5.82 Å². The van der Waals surface area contributed by atoms with Crippen molar-refractivity contribution in [3.05, 3.63) is 41.5 Å². The lowest BCUT2D eigenvalue weighted by atomic mass is 9.78. The first-order valence-corrected chi connectivity index (χ1v) is 6.00. The molecular formula is C14H15FN2O2. The highest BCUT2D eigenvalue weighted by molar-refractivity contribution is 5.96. The topological polar surface area (TPSA) is 62.0 Å². The molecule has 0 radical (unpaired) electrons. The highest BCUT2D eigenvalue weighted by Gasteiger charge is 2.33. The molecule has 19 heavy (non-hydrogen) atoms. The molecule has 0 amide bonds. The van der Waals surface area contributed by atoms with Crippen LogP contribution < -0.4 is 0 Å². The second-order valence-corrected chi connectivity index (χ2v) is 5.42. The number of allylic oxidation sites excluding steroid dienone is 2. The van der Waals surface area contributed by atoms with Crippen LogP contribution in [0.2, 0.25) is 0 Å². The fraction of sp³-hybridized carbons (Fsp3) is 0.357. The maximum absolute atomic E-state index is 13.0. The second-order valence-electron chi connectivity index (χ2n) is 5.42. The van der Waals surface area contributed by atoms with Crippen LogP contribution in [0.1, 0.15) is 26.7 Å². The van der Waals surface area contributed by atoms with Crippen molar-refractivity contribution >= 4 is 11.5 Å². The summed E-state index contributed by atoms with van der Waals surface area (Å²) in [6.45, 7) is 3.81. The Bertz CT molecular complexity index is 577. The molecule has 0 atom stereocenters. The van der Waals surface area contributed by atoms with E-state index in [-0.39, 0.29) is 22.7 Å². The van der Waals surface area contributed by atoms with Crippen molar-refractivity contribution in [1.29, 1.82) is 0 Å². The van der Waals surface area contributed by atoms with Gasteiger partial charge in [0.15, 0.2) is 11.5 Å². The van der Waals surface area contributed by atoms with Gasteiger partial charge in [-0.3, -0.25) is 4.79 Å². The van der Waals surface area contributed by atoms with Gasteiger partial charge in [-0.05, 0) is 17.5 Å². The van der Waals surface area contributed by atoms with Crippen LogP contribution in [0.25, 0.3) is 0 Å². The van der Waals surface area contributed by atoms with Gasteiger partial charge in [0, 0.05) is 18.9 Å². The minimum absolute atomic E-state index is 0.0245. The molecule has 1 aromatic carbocycles. The van der Waals surface area contributed by atoms with E-state index in [9.17, 15) is 14.3 Å². The van der Waals surface area contributed by atoms with Crippen molar-refractivity contribution < 1.29 is 14.3 Å². The van der Waals surface area contributed by atoms with E-state index in [0.29, 0.717) is 18.5 Å². The summed E-state index contributed by atoms with van der Waals surface area (Å²) in [4.78, 5) is 11.9. The number of aliphatic hydroxyl groups is 1. The maximum Gasteiger partial charge on any atom is 0.187 e. The Morgan fingerprint density at radius 3 is 2.63 bits per heavy atom. The predicted molar refractivity (Wildman–Crippen MR) is 68.6 cm³/mol. The molecule has 2 rings (SSSR count). The fourth-order valence-corrected chi connectivity index (χ4v) is 2.04. The molecule has 0 bridgehead atoms. The third kappa shape index (κ3) is 3.24. The molecule has 0 fully saturated rings. The van der Waals surface area contributed by atoms with Crippen LogP contribution in [0.4, 0.5) is 10.1 Å². The molecule has 0 unspecified atom stereocenters. The van der Waals surface area contributed by atoms with Gasteiger partial charge in [-0.1, -0.05) is 19.9 Å². The number of ketones is 1. The Kier molecular flexibility index (Phi) is 3.46. The van der Waals surface area contributed by atoms with Crippen molar-refractivity contribution in [2.75, 3.05) is 0 Å². The number of carbonyl (C=O) groups is 1.